The van der Waals surface area contributed by atoms with E-state index >= 15 is 0 Å². The molecular weight excluding hydrogens is 444 g/mol. The molecule has 4 amide bonds. The number of amides is 4. The van der Waals surface area contributed by atoms with Crippen molar-refractivity contribution in [3.05, 3.63) is 69.7 Å². The molecule has 166 valence electrons. The first-order chi connectivity index (χ1) is 17.2. The molecule has 2 aromatic rings. The lowest BCUT2D eigenvalue weighted by Crippen LogP contribution is -2.52. The summed E-state index contributed by atoms with van der Waals surface area (Å²) < 4.78 is 70.8. The standard InChI is InChI=1S/C22H18ClF2N3O4/c23-15-4-2-14(3-5-15)22(24,25)21(32)26-10-12-1-6-16-13(9-12)11-28(20(16)31)17-7-8-18(29)27-19(17)30/h1-6,9,17H,7-8,10-11H2,(H,26,32)(H,27,29,30)/i1D,9D,10D2/hD. The molecule has 0 aliphatic carbocycles. The van der Waals surface area contributed by atoms with Crippen molar-refractivity contribution >= 4 is 35.2 Å². The van der Waals surface area contributed by atoms with Crippen molar-refractivity contribution in [1.82, 2.24) is 15.5 Å². The predicted molar refractivity (Wildman–Crippen MR) is 110 cm³/mol. The summed E-state index contributed by atoms with van der Waals surface area (Å²) in [5.41, 5.74) is -1.99. The quantitative estimate of drug-likeness (QED) is 0.662. The normalized spacial score (nSPS) is 21.1. The van der Waals surface area contributed by atoms with E-state index in [4.69, 9.17) is 18.5 Å². The van der Waals surface area contributed by atoms with Gasteiger partial charge >= 0.3 is 5.92 Å². The van der Waals surface area contributed by atoms with Gasteiger partial charge < -0.3 is 10.2 Å². The minimum Gasteiger partial charge on any atom is -0.346 e. The lowest BCUT2D eigenvalue weighted by Gasteiger charge is -2.29. The zero-order valence-corrected chi connectivity index (χ0v) is 17.0. The first-order valence-electron chi connectivity index (χ1n) is 11.9. The van der Waals surface area contributed by atoms with Crippen LogP contribution in [0.1, 0.15) is 45.4 Å². The van der Waals surface area contributed by atoms with Gasteiger partial charge in [-0.05, 0) is 35.7 Å². The van der Waals surface area contributed by atoms with Gasteiger partial charge in [-0.2, -0.15) is 8.78 Å². The molecule has 1 saturated heterocycles. The molecule has 2 heterocycles. The number of nitrogens with zero attached hydrogens (tertiary/aromatic N) is 1. The predicted octanol–water partition coefficient (Wildman–Crippen LogP) is 2.51. The third-order valence-corrected chi connectivity index (χ3v) is 5.36. The summed E-state index contributed by atoms with van der Waals surface area (Å²) in [6, 6.07) is 2.23. The smallest absolute Gasteiger partial charge is 0.346 e. The van der Waals surface area contributed by atoms with Crippen LogP contribution in [0.5, 0.6) is 0 Å². The van der Waals surface area contributed by atoms with Crippen LogP contribution < -0.4 is 10.6 Å². The Hall–Kier alpha value is -3.33. The Morgan fingerprint density at radius 2 is 2.03 bits per heavy atom. The van der Waals surface area contributed by atoms with Gasteiger partial charge in [0, 0.05) is 35.6 Å². The Balaban J connectivity index is 1.68. The van der Waals surface area contributed by atoms with E-state index in [1.807, 2.05) is 0 Å². The molecule has 1 unspecified atom stereocenters. The molecular formula is C22H18ClF2N3O4. The highest BCUT2D eigenvalue weighted by molar-refractivity contribution is 6.30. The van der Waals surface area contributed by atoms with Crippen LogP contribution in [0.25, 0.3) is 0 Å². The van der Waals surface area contributed by atoms with Crippen molar-refractivity contribution in [1.29, 1.82) is 0 Å². The van der Waals surface area contributed by atoms with Crippen molar-refractivity contribution in [2.24, 2.45) is 0 Å². The number of hydrogen-bond acceptors (Lipinski definition) is 4. The average Bonchev–Trinajstić information content (AvgIpc) is 3.14. The van der Waals surface area contributed by atoms with Crippen molar-refractivity contribution in [2.75, 3.05) is 0 Å². The Morgan fingerprint density at radius 1 is 1.31 bits per heavy atom. The number of halogens is 3. The van der Waals surface area contributed by atoms with Crippen LogP contribution >= 0.6 is 11.6 Å². The summed E-state index contributed by atoms with van der Waals surface area (Å²) in [5.74, 6) is -8.55. The Morgan fingerprint density at radius 3 is 2.72 bits per heavy atom. The van der Waals surface area contributed by atoms with Crippen LogP contribution in [0.2, 0.25) is 6.43 Å². The molecule has 32 heavy (non-hydrogen) atoms. The highest BCUT2D eigenvalue weighted by Gasteiger charge is 2.41. The van der Waals surface area contributed by atoms with E-state index < -0.39 is 70.6 Å². The van der Waals surface area contributed by atoms with E-state index in [9.17, 15) is 28.0 Å². The van der Waals surface area contributed by atoms with Crippen LogP contribution in [-0.2, 0) is 33.3 Å². The van der Waals surface area contributed by atoms with E-state index in [0.717, 1.165) is 35.2 Å². The lowest BCUT2D eigenvalue weighted by atomic mass is 10.0. The molecule has 0 radical (unpaired) electrons. The number of rotatable bonds is 5. The third-order valence-electron chi connectivity index (χ3n) is 5.11. The minimum atomic E-state index is -4.33. The number of piperidine rings is 1. The first kappa shape index (κ1) is 16.3. The minimum absolute atomic E-state index is 0.0218. The number of alkyl halides is 2. The maximum absolute atomic E-state index is 14.8. The van der Waals surface area contributed by atoms with Crippen molar-refractivity contribution < 1.29 is 34.9 Å². The largest absolute Gasteiger partial charge is 0.349 e. The van der Waals surface area contributed by atoms with Crippen LogP contribution in [0, 0.1) is 0 Å². The highest BCUT2D eigenvalue weighted by Crippen LogP contribution is 2.30. The number of carbonyl (C=O) groups is 4. The van der Waals surface area contributed by atoms with Gasteiger partial charge in [-0.3, -0.25) is 24.5 Å². The second-order valence-corrected chi connectivity index (χ2v) is 7.63. The van der Waals surface area contributed by atoms with Gasteiger partial charge in [0.2, 0.25) is 11.8 Å². The van der Waals surface area contributed by atoms with Gasteiger partial charge in [0.15, 0.2) is 1.41 Å². The number of carbonyl (C=O) groups excluding carboxylic acids is 4. The molecule has 1 fully saturated rings. The average molecular weight is 467 g/mol. The molecule has 10 heteroatoms. The van der Waals surface area contributed by atoms with Crippen LogP contribution in [-0.4, -0.2) is 34.6 Å². The summed E-state index contributed by atoms with van der Waals surface area (Å²) >= 11 is 5.68. The number of fused-ring (bicyclic) bond motifs is 1. The molecule has 0 bridgehead atoms. The Labute approximate surface area is 193 Å². The summed E-state index contributed by atoms with van der Waals surface area (Å²) in [7, 11) is 0. The van der Waals surface area contributed by atoms with E-state index in [2.05, 4.69) is 5.32 Å². The van der Waals surface area contributed by atoms with Gasteiger partial charge in [0.25, 0.3) is 11.8 Å². The van der Waals surface area contributed by atoms with Gasteiger partial charge in [-0.25, -0.2) is 0 Å². The van der Waals surface area contributed by atoms with E-state index in [0.29, 0.717) is 0 Å². The molecule has 2 aromatic carbocycles. The molecule has 0 spiro atoms. The lowest BCUT2D eigenvalue weighted by molar-refractivity contribution is -0.147. The number of benzene rings is 2. The van der Waals surface area contributed by atoms with Gasteiger partial charge in [-0.1, -0.05) is 35.8 Å². The van der Waals surface area contributed by atoms with Crippen LogP contribution in [0.4, 0.5) is 8.78 Å². The molecule has 4 rings (SSSR count). The second kappa shape index (κ2) is 8.31. The van der Waals surface area contributed by atoms with Crippen LogP contribution in [0.3, 0.4) is 0 Å². The molecule has 0 saturated carbocycles. The van der Waals surface area contributed by atoms with Gasteiger partial charge in [0.05, 0.1) is 5.48 Å². The number of nitrogens with one attached hydrogen (secondary N) is 2. The topological polar surface area (TPSA) is 95.6 Å². The molecule has 2 N–H and O–H groups in total. The molecule has 2 aliphatic rings. The summed E-state index contributed by atoms with van der Waals surface area (Å²) in [4.78, 5) is 50.2. The fraction of sp³-hybridized carbons (Fsp3) is 0.273. The van der Waals surface area contributed by atoms with Gasteiger partial charge in [0.1, 0.15) is 6.04 Å². The molecule has 2 aliphatic heterocycles. The fourth-order valence-corrected chi connectivity index (χ4v) is 3.58. The third kappa shape index (κ3) is 4.08. The van der Waals surface area contributed by atoms with Gasteiger partial charge in [-0.15, -0.1) is 0 Å². The highest BCUT2D eigenvalue weighted by atomic mass is 35.5. The van der Waals surface area contributed by atoms with E-state index in [1.165, 1.54) is 0 Å². The maximum Gasteiger partial charge on any atom is 0.349 e. The first-order valence-corrected chi connectivity index (χ1v) is 9.81. The molecule has 0 aromatic heterocycles. The van der Waals surface area contributed by atoms with Crippen LogP contribution in [0.15, 0.2) is 42.4 Å². The fourth-order valence-electron chi connectivity index (χ4n) is 3.45. The van der Waals surface area contributed by atoms with E-state index in [-0.39, 0.29) is 35.5 Å². The Bertz CT molecular complexity index is 1340. The zero-order valence-electron chi connectivity index (χ0n) is 21.2. The van der Waals surface area contributed by atoms with Crippen molar-refractivity contribution in [3.8, 4) is 0 Å². The summed E-state index contributed by atoms with van der Waals surface area (Å²) in [6.45, 7) is -3.73. The number of imide groups is 1. The number of hydrogen-bond donors (Lipinski definition) is 2. The second-order valence-electron chi connectivity index (χ2n) is 7.19. The summed E-state index contributed by atoms with van der Waals surface area (Å²) in [5, 5.41) is 1.59. The molecule has 1 atom stereocenters. The maximum atomic E-state index is 14.8. The molecule has 7 nitrogen and oxygen atoms in total. The van der Waals surface area contributed by atoms with Crippen molar-refractivity contribution in [2.45, 2.75) is 37.8 Å². The van der Waals surface area contributed by atoms with E-state index in [1.54, 1.807) is 0 Å². The monoisotopic (exact) mass is 466 g/mol. The summed E-state index contributed by atoms with van der Waals surface area (Å²) in [6.07, 6.45) is -0.00652. The SMILES string of the molecule is [2H]c1cc2c(c([2H])c1C([2H])([2H])N([2H])C(=O)C(F)(F)c1ccc(Cl)cc1)CN(C1CCC(=O)NC1=O)C2=O. The Kier molecular flexibility index (Phi) is 4.24. The van der Waals surface area contributed by atoms with Crippen molar-refractivity contribution in [3.63, 3.8) is 0 Å². The zero-order chi connectivity index (χ0) is 27.4.